The van der Waals surface area contributed by atoms with E-state index in [0.717, 1.165) is 36.1 Å². The molecule has 5 heteroatoms. The van der Waals surface area contributed by atoms with Crippen molar-refractivity contribution in [2.75, 3.05) is 6.54 Å². The molecular weight excluding hydrogens is 328 g/mol. The highest BCUT2D eigenvalue weighted by atomic mass is 79.9. The molecule has 2 rings (SSSR count). The van der Waals surface area contributed by atoms with Gasteiger partial charge in [-0.2, -0.15) is 0 Å². The monoisotopic (exact) mass is 350 g/mol. The SMILES string of the molecule is CCCNC(c1cccc(C)c1Br)c1cnnn1CCC. The first-order valence-corrected chi connectivity index (χ1v) is 8.35. The summed E-state index contributed by atoms with van der Waals surface area (Å²) in [6, 6.07) is 6.49. The molecule has 114 valence electrons. The molecule has 0 bridgehead atoms. The van der Waals surface area contributed by atoms with Gasteiger partial charge in [0.15, 0.2) is 0 Å². The molecule has 2 aromatic rings. The van der Waals surface area contributed by atoms with Crippen LogP contribution >= 0.6 is 15.9 Å². The van der Waals surface area contributed by atoms with Gasteiger partial charge in [0, 0.05) is 11.0 Å². The highest BCUT2D eigenvalue weighted by Gasteiger charge is 2.21. The summed E-state index contributed by atoms with van der Waals surface area (Å²) in [5.41, 5.74) is 3.60. The summed E-state index contributed by atoms with van der Waals surface area (Å²) in [5, 5.41) is 12.0. The van der Waals surface area contributed by atoms with E-state index in [-0.39, 0.29) is 6.04 Å². The minimum atomic E-state index is 0.112. The first kappa shape index (κ1) is 16.2. The van der Waals surface area contributed by atoms with Crippen LogP contribution in [-0.4, -0.2) is 21.5 Å². The first-order valence-electron chi connectivity index (χ1n) is 7.55. The molecule has 4 nitrogen and oxygen atoms in total. The lowest BCUT2D eigenvalue weighted by Crippen LogP contribution is -2.26. The second-order valence-electron chi connectivity index (χ2n) is 5.25. The van der Waals surface area contributed by atoms with Crippen LogP contribution in [0.25, 0.3) is 0 Å². The molecule has 0 aliphatic heterocycles. The topological polar surface area (TPSA) is 42.7 Å². The summed E-state index contributed by atoms with van der Waals surface area (Å²) in [7, 11) is 0. The summed E-state index contributed by atoms with van der Waals surface area (Å²) in [6.07, 6.45) is 4.01. The van der Waals surface area contributed by atoms with E-state index in [0.29, 0.717) is 0 Å². The molecule has 1 atom stereocenters. The zero-order valence-electron chi connectivity index (χ0n) is 12.9. The average molecular weight is 351 g/mol. The number of nitrogens with one attached hydrogen (secondary N) is 1. The Bertz CT molecular complexity index is 579. The van der Waals surface area contributed by atoms with E-state index in [9.17, 15) is 0 Å². The van der Waals surface area contributed by atoms with Gasteiger partial charge in [-0.3, -0.25) is 0 Å². The largest absolute Gasteiger partial charge is 0.305 e. The van der Waals surface area contributed by atoms with Crippen molar-refractivity contribution in [3.05, 3.63) is 45.7 Å². The molecule has 0 fully saturated rings. The van der Waals surface area contributed by atoms with Crippen molar-refractivity contribution in [3.63, 3.8) is 0 Å². The third kappa shape index (κ3) is 3.71. The molecule has 0 spiro atoms. The number of benzene rings is 1. The summed E-state index contributed by atoms with van der Waals surface area (Å²) in [4.78, 5) is 0. The molecule has 0 amide bonds. The Morgan fingerprint density at radius 3 is 2.81 bits per heavy atom. The maximum atomic E-state index is 4.22. The minimum Gasteiger partial charge on any atom is -0.305 e. The molecule has 1 N–H and O–H groups in total. The van der Waals surface area contributed by atoms with Gasteiger partial charge >= 0.3 is 0 Å². The Morgan fingerprint density at radius 1 is 1.29 bits per heavy atom. The molecule has 0 aliphatic carbocycles. The highest BCUT2D eigenvalue weighted by molar-refractivity contribution is 9.10. The van der Waals surface area contributed by atoms with Crippen LogP contribution in [0.4, 0.5) is 0 Å². The number of halogens is 1. The van der Waals surface area contributed by atoms with Gasteiger partial charge < -0.3 is 5.32 Å². The van der Waals surface area contributed by atoms with Crippen molar-refractivity contribution in [3.8, 4) is 0 Å². The van der Waals surface area contributed by atoms with Crippen LogP contribution in [0.15, 0.2) is 28.9 Å². The normalized spacial score (nSPS) is 12.6. The van der Waals surface area contributed by atoms with Gasteiger partial charge in [-0.05, 0) is 37.4 Å². The number of aryl methyl sites for hydroxylation is 2. The molecule has 1 aromatic carbocycles. The van der Waals surface area contributed by atoms with Crippen LogP contribution in [0.2, 0.25) is 0 Å². The average Bonchev–Trinajstić information content (AvgIpc) is 2.92. The van der Waals surface area contributed by atoms with E-state index < -0.39 is 0 Å². The zero-order chi connectivity index (χ0) is 15.2. The number of aromatic nitrogens is 3. The van der Waals surface area contributed by atoms with Crippen molar-refractivity contribution in [2.24, 2.45) is 0 Å². The van der Waals surface area contributed by atoms with Gasteiger partial charge in [0.1, 0.15) is 0 Å². The van der Waals surface area contributed by atoms with Crippen LogP contribution in [0.3, 0.4) is 0 Å². The van der Waals surface area contributed by atoms with Crippen molar-refractivity contribution in [1.29, 1.82) is 0 Å². The van der Waals surface area contributed by atoms with Crippen molar-refractivity contribution >= 4 is 15.9 Å². The van der Waals surface area contributed by atoms with E-state index in [2.05, 4.69) is 70.5 Å². The molecular formula is C16H23BrN4. The van der Waals surface area contributed by atoms with Crippen LogP contribution in [-0.2, 0) is 6.54 Å². The molecule has 0 aliphatic rings. The fraction of sp³-hybridized carbons (Fsp3) is 0.500. The van der Waals surface area contributed by atoms with Gasteiger partial charge in [0.25, 0.3) is 0 Å². The van der Waals surface area contributed by atoms with Crippen molar-refractivity contribution in [1.82, 2.24) is 20.3 Å². The Balaban J connectivity index is 2.42. The lowest BCUT2D eigenvalue weighted by atomic mass is 10.0. The molecule has 0 saturated heterocycles. The van der Waals surface area contributed by atoms with Gasteiger partial charge in [-0.1, -0.05) is 53.2 Å². The lowest BCUT2D eigenvalue weighted by molar-refractivity contribution is 0.503. The molecule has 0 saturated carbocycles. The third-order valence-corrected chi connectivity index (χ3v) is 4.59. The predicted octanol–water partition coefficient (Wildman–Crippen LogP) is 3.85. The summed E-state index contributed by atoms with van der Waals surface area (Å²) in [6.45, 7) is 8.30. The number of hydrogen-bond acceptors (Lipinski definition) is 3. The molecule has 0 radical (unpaired) electrons. The Kier molecular flexibility index (Phi) is 5.94. The highest BCUT2D eigenvalue weighted by Crippen LogP contribution is 2.30. The molecule has 1 aromatic heterocycles. The lowest BCUT2D eigenvalue weighted by Gasteiger charge is -2.21. The van der Waals surface area contributed by atoms with Crippen LogP contribution < -0.4 is 5.32 Å². The number of rotatable bonds is 7. The molecule has 1 heterocycles. The smallest absolute Gasteiger partial charge is 0.0802 e. The van der Waals surface area contributed by atoms with Gasteiger partial charge in [0.05, 0.1) is 17.9 Å². The second kappa shape index (κ2) is 7.71. The standard InChI is InChI=1S/C16H23BrN4/c1-4-9-18-16(13-8-6-7-12(3)15(13)17)14-11-19-20-21(14)10-5-2/h6-8,11,16,18H,4-5,9-10H2,1-3H3. The van der Waals surface area contributed by atoms with Crippen molar-refractivity contribution in [2.45, 2.75) is 46.2 Å². The van der Waals surface area contributed by atoms with E-state index in [1.54, 1.807) is 0 Å². The Morgan fingerprint density at radius 2 is 2.10 bits per heavy atom. The molecule has 21 heavy (non-hydrogen) atoms. The second-order valence-corrected chi connectivity index (χ2v) is 6.04. The Labute approximate surface area is 135 Å². The van der Waals surface area contributed by atoms with Crippen LogP contribution in [0.5, 0.6) is 0 Å². The summed E-state index contributed by atoms with van der Waals surface area (Å²) < 4.78 is 3.16. The summed E-state index contributed by atoms with van der Waals surface area (Å²) >= 11 is 3.73. The zero-order valence-corrected chi connectivity index (χ0v) is 14.5. The fourth-order valence-corrected chi connectivity index (χ4v) is 2.92. The van der Waals surface area contributed by atoms with Gasteiger partial charge in [-0.25, -0.2) is 4.68 Å². The quantitative estimate of drug-likeness (QED) is 0.824. The van der Waals surface area contributed by atoms with E-state index >= 15 is 0 Å². The minimum absolute atomic E-state index is 0.112. The summed E-state index contributed by atoms with van der Waals surface area (Å²) in [5.74, 6) is 0. The molecule has 1 unspecified atom stereocenters. The van der Waals surface area contributed by atoms with E-state index in [4.69, 9.17) is 0 Å². The third-order valence-electron chi connectivity index (χ3n) is 3.51. The fourth-order valence-electron chi connectivity index (χ4n) is 2.43. The number of nitrogens with zero attached hydrogens (tertiary/aromatic N) is 3. The van der Waals surface area contributed by atoms with E-state index in [1.807, 2.05) is 10.9 Å². The first-order chi connectivity index (χ1) is 10.2. The van der Waals surface area contributed by atoms with Crippen LogP contribution in [0, 0.1) is 6.92 Å². The maximum Gasteiger partial charge on any atom is 0.0802 e. The van der Waals surface area contributed by atoms with Crippen molar-refractivity contribution < 1.29 is 0 Å². The van der Waals surface area contributed by atoms with E-state index in [1.165, 1.54) is 11.1 Å². The van der Waals surface area contributed by atoms with Gasteiger partial charge in [0.2, 0.25) is 0 Å². The Hall–Kier alpha value is -1.20. The maximum absolute atomic E-state index is 4.22. The number of hydrogen-bond donors (Lipinski definition) is 1. The van der Waals surface area contributed by atoms with Gasteiger partial charge in [-0.15, -0.1) is 5.10 Å². The van der Waals surface area contributed by atoms with Crippen LogP contribution in [0.1, 0.15) is 49.6 Å². The predicted molar refractivity (Wildman–Crippen MR) is 89.3 cm³/mol.